The van der Waals surface area contributed by atoms with Crippen molar-refractivity contribution >= 4 is 18.2 Å². The van der Waals surface area contributed by atoms with E-state index in [9.17, 15) is 4.21 Å². The van der Waals surface area contributed by atoms with Crippen LogP contribution in [0.2, 0.25) is 18.1 Å². The lowest BCUT2D eigenvalue weighted by atomic mass is 10.0. The van der Waals surface area contributed by atoms with Gasteiger partial charge in [-0.3, -0.25) is 4.03 Å². The van der Waals surface area contributed by atoms with Crippen LogP contribution < -0.4 is 5.14 Å². The number of hydrogen-bond donors (Lipinski definition) is 1. The zero-order valence-corrected chi connectivity index (χ0v) is 16.3. The fraction of sp³-hybridized carbons (Fsp3) is 0.625. The molecule has 120 valence electrons. The van der Waals surface area contributed by atoms with Crippen LogP contribution in [0.4, 0.5) is 0 Å². The van der Waals surface area contributed by atoms with Gasteiger partial charge in [-0.1, -0.05) is 46.8 Å². The van der Waals surface area contributed by atoms with Crippen molar-refractivity contribution in [3.63, 3.8) is 0 Å². The smallest absolute Gasteiger partial charge is 0.195 e. The quantitative estimate of drug-likeness (QED) is 0.808. The zero-order chi connectivity index (χ0) is 16.5. The average molecular weight is 327 g/mol. The van der Waals surface area contributed by atoms with Gasteiger partial charge in [0.25, 0.3) is 0 Å². The zero-order valence-electron chi connectivity index (χ0n) is 14.4. The molecule has 1 unspecified atom stereocenters. The molecular formula is C16H30N2OSSi. The van der Waals surface area contributed by atoms with E-state index in [1.54, 1.807) is 0 Å². The summed E-state index contributed by atoms with van der Waals surface area (Å²) in [5, 5.41) is 6.10. The van der Waals surface area contributed by atoms with Crippen molar-refractivity contribution in [3.8, 4) is 0 Å². The highest BCUT2D eigenvalue weighted by Gasteiger charge is 2.37. The van der Waals surface area contributed by atoms with Crippen LogP contribution in [0.15, 0.2) is 33.2 Å². The van der Waals surface area contributed by atoms with E-state index in [4.69, 9.17) is 5.14 Å². The van der Waals surface area contributed by atoms with Crippen LogP contribution in [-0.2, 0) is 16.3 Å². The van der Waals surface area contributed by atoms with Crippen molar-refractivity contribution < 1.29 is 4.21 Å². The monoisotopic (exact) mass is 326 g/mol. The Kier molecular flexibility index (Phi) is 5.45. The van der Waals surface area contributed by atoms with Crippen molar-refractivity contribution in [2.75, 3.05) is 0 Å². The van der Waals surface area contributed by atoms with Crippen molar-refractivity contribution in [1.29, 1.82) is 0 Å². The molecule has 0 aliphatic carbocycles. The third kappa shape index (κ3) is 4.93. The standard InChI is InChI=1S/C16H30N2OSSi/c1-13(2)12-14-8-10-15(11-9-14)20(17,19)18-21(6,7)16(3,4)5/h8-11,13H,12H2,1-7H3,(H2,17,18,19). The number of nitrogens with two attached hydrogens (primary N) is 1. The predicted octanol–water partition coefficient (Wildman–Crippen LogP) is 4.59. The first-order valence-electron chi connectivity index (χ1n) is 7.50. The van der Waals surface area contributed by atoms with Crippen LogP contribution in [0.5, 0.6) is 0 Å². The molecule has 2 N–H and O–H groups in total. The van der Waals surface area contributed by atoms with Gasteiger partial charge in [0.15, 0.2) is 8.24 Å². The van der Waals surface area contributed by atoms with E-state index in [-0.39, 0.29) is 5.04 Å². The summed E-state index contributed by atoms with van der Waals surface area (Å²) in [7, 11) is -4.85. The summed E-state index contributed by atoms with van der Waals surface area (Å²) in [6.07, 6.45) is 1.02. The predicted molar refractivity (Wildman–Crippen MR) is 95.2 cm³/mol. The molecule has 0 aromatic heterocycles. The molecular weight excluding hydrogens is 296 g/mol. The maximum Gasteiger partial charge on any atom is 0.195 e. The molecule has 0 amide bonds. The number of benzene rings is 1. The average Bonchev–Trinajstić information content (AvgIpc) is 2.25. The lowest BCUT2D eigenvalue weighted by Gasteiger charge is -2.32. The molecule has 0 radical (unpaired) electrons. The first kappa shape index (κ1) is 18.4. The van der Waals surface area contributed by atoms with Gasteiger partial charge in [-0.2, -0.15) is 0 Å². The molecule has 0 saturated heterocycles. The van der Waals surface area contributed by atoms with E-state index in [0.29, 0.717) is 10.8 Å². The van der Waals surface area contributed by atoms with Gasteiger partial charge >= 0.3 is 0 Å². The molecule has 0 heterocycles. The minimum Gasteiger partial charge on any atom is -0.261 e. The van der Waals surface area contributed by atoms with E-state index in [2.05, 4.69) is 51.7 Å². The second-order valence-electron chi connectivity index (χ2n) is 7.71. The summed E-state index contributed by atoms with van der Waals surface area (Å²) in [4.78, 5) is 0.639. The largest absolute Gasteiger partial charge is 0.261 e. The van der Waals surface area contributed by atoms with Crippen LogP contribution >= 0.6 is 0 Å². The number of nitrogens with zero attached hydrogens (tertiary/aromatic N) is 1. The summed E-state index contributed by atoms with van der Waals surface area (Å²) >= 11 is 0. The minimum absolute atomic E-state index is 0.0343. The molecule has 0 aliphatic heterocycles. The fourth-order valence-corrected chi connectivity index (χ4v) is 6.58. The highest BCUT2D eigenvalue weighted by Crippen LogP contribution is 2.37. The van der Waals surface area contributed by atoms with Crippen LogP contribution in [-0.4, -0.2) is 12.4 Å². The topological polar surface area (TPSA) is 55.5 Å². The highest BCUT2D eigenvalue weighted by atomic mass is 32.2. The molecule has 1 aromatic carbocycles. The Bertz CT molecular complexity index is 592. The van der Waals surface area contributed by atoms with Crippen molar-refractivity contribution in [2.24, 2.45) is 15.1 Å². The second kappa shape index (κ2) is 6.22. The van der Waals surface area contributed by atoms with Crippen molar-refractivity contribution in [3.05, 3.63) is 29.8 Å². The van der Waals surface area contributed by atoms with Gasteiger partial charge < -0.3 is 0 Å². The molecule has 0 saturated carbocycles. The maximum absolute atomic E-state index is 12.8. The van der Waals surface area contributed by atoms with Gasteiger partial charge in [0.05, 0.1) is 4.90 Å². The van der Waals surface area contributed by atoms with E-state index in [1.807, 2.05) is 24.3 Å². The molecule has 0 aliphatic rings. The fourth-order valence-electron chi connectivity index (χ4n) is 1.82. The van der Waals surface area contributed by atoms with Crippen molar-refractivity contribution in [1.82, 2.24) is 0 Å². The molecule has 1 rings (SSSR count). The molecule has 0 fully saturated rings. The number of hydrogen-bond acceptors (Lipinski definition) is 2. The normalized spacial score (nSPS) is 15.9. The molecule has 1 atom stereocenters. The molecule has 1 aromatic rings. The SMILES string of the molecule is CC(C)Cc1ccc(S(N)(=O)=N[Si](C)(C)C(C)(C)C)cc1. The van der Waals surface area contributed by atoms with E-state index in [0.717, 1.165) is 6.42 Å². The van der Waals surface area contributed by atoms with E-state index in [1.165, 1.54) is 5.56 Å². The highest BCUT2D eigenvalue weighted by molar-refractivity contribution is 7.92. The number of rotatable bonds is 4. The third-order valence-corrected chi connectivity index (χ3v) is 11.6. The van der Waals surface area contributed by atoms with Crippen LogP contribution in [0.1, 0.15) is 40.2 Å². The van der Waals surface area contributed by atoms with Gasteiger partial charge in [-0.05, 0) is 48.2 Å². The van der Waals surface area contributed by atoms with E-state index < -0.39 is 18.2 Å². The van der Waals surface area contributed by atoms with Crippen LogP contribution in [0, 0.1) is 5.92 Å². The summed E-state index contributed by atoms with van der Waals surface area (Å²) in [5.41, 5.74) is 1.25. The van der Waals surface area contributed by atoms with Gasteiger partial charge in [-0.15, -0.1) is 0 Å². The summed E-state index contributed by atoms with van der Waals surface area (Å²) in [5.74, 6) is 0.606. The Morgan fingerprint density at radius 1 is 1.19 bits per heavy atom. The maximum atomic E-state index is 12.8. The van der Waals surface area contributed by atoms with Gasteiger partial charge in [0.1, 0.15) is 9.92 Å². The summed E-state index contributed by atoms with van der Waals surface area (Å²) in [6.45, 7) is 15.0. The van der Waals surface area contributed by atoms with Crippen molar-refractivity contribution in [2.45, 2.75) is 64.1 Å². The lowest BCUT2D eigenvalue weighted by molar-refractivity contribution is 0.647. The van der Waals surface area contributed by atoms with Gasteiger partial charge in [0.2, 0.25) is 0 Å². The Labute approximate surface area is 131 Å². The summed E-state index contributed by atoms with van der Waals surface area (Å²) < 4.78 is 17.4. The molecule has 5 heteroatoms. The van der Waals surface area contributed by atoms with Gasteiger partial charge in [-0.25, -0.2) is 9.35 Å². The molecule has 21 heavy (non-hydrogen) atoms. The van der Waals surface area contributed by atoms with Gasteiger partial charge in [0, 0.05) is 0 Å². The molecule has 0 spiro atoms. The third-order valence-electron chi connectivity index (χ3n) is 4.10. The first-order chi connectivity index (χ1) is 9.35. The Morgan fingerprint density at radius 2 is 1.67 bits per heavy atom. The summed E-state index contributed by atoms with van der Waals surface area (Å²) in [6, 6.07) is 7.78. The molecule has 3 nitrogen and oxygen atoms in total. The lowest BCUT2D eigenvalue weighted by Crippen LogP contribution is -2.37. The van der Waals surface area contributed by atoms with E-state index >= 15 is 0 Å². The Morgan fingerprint density at radius 3 is 2.05 bits per heavy atom. The second-order valence-corrected chi connectivity index (χ2v) is 14.7. The van der Waals surface area contributed by atoms with Crippen LogP contribution in [0.25, 0.3) is 0 Å². The van der Waals surface area contributed by atoms with Crippen LogP contribution in [0.3, 0.4) is 0 Å². The Hall–Kier alpha value is -0.653. The first-order valence-corrected chi connectivity index (χ1v) is 12.0. The molecule has 0 bridgehead atoms. The Balaban J connectivity index is 3.17. The minimum atomic E-state index is -2.81.